The maximum Gasteiger partial charge on any atom is 0.262 e. The molecular formula is C19H23N5O4S. The number of imidazole rings is 1. The molecule has 1 aromatic carbocycles. The summed E-state index contributed by atoms with van der Waals surface area (Å²) in [6.07, 6.45) is 2.30. The van der Waals surface area contributed by atoms with E-state index in [1.54, 1.807) is 36.7 Å². The van der Waals surface area contributed by atoms with Crippen LogP contribution in [0.3, 0.4) is 0 Å². The summed E-state index contributed by atoms with van der Waals surface area (Å²) in [4.78, 5) is 16.8. The molecule has 10 heteroatoms. The molecule has 0 spiro atoms. The van der Waals surface area contributed by atoms with Gasteiger partial charge in [-0.2, -0.15) is 9.57 Å². The van der Waals surface area contributed by atoms with Crippen molar-refractivity contribution in [2.75, 3.05) is 25.5 Å². The van der Waals surface area contributed by atoms with Crippen molar-refractivity contribution in [3.05, 3.63) is 35.8 Å². The normalized spacial score (nSPS) is 15.7. The highest BCUT2D eigenvalue weighted by Crippen LogP contribution is 2.28. The summed E-state index contributed by atoms with van der Waals surface area (Å²) in [5, 5.41) is 11.9. The number of sulfonamides is 1. The largest absolute Gasteiger partial charge is 0.495 e. The number of hydrogen-bond donors (Lipinski definition) is 1. The minimum atomic E-state index is -3.68. The Labute approximate surface area is 170 Å². The molecule has 1 N–H and O–H groups in total. The van der Waals surface area contributed by atoms with Crippen molar-refractivity contribution >= 4 is 21.6 Å². The van der Waals surface area contributed by atoms with Crippen LogP contribution in [-0.2, 0) is 21.9 Å². The molecule has 0 radical (unpaired) electrons. The standard InChI is InChI=1S/C19H23N5O4S/c1-13-21-18(12-23(13)2)29(26,27)24-8-6-15(7-9-24)19(25)22-16-10-14(11-20)4-5-17(16)28-3/h4-5,10,12,15H,6-9H2,1-3H3,(H,22,25). The van der Waals surface area contributed by atoms with E-state index in [2.05, 4.69) is 10.3 Å². The number of nitrogens with one attached hydrogen (secondary N) is 1. The van der Waals surface area contributed by atoms with Crippen LogP contribution in [0, 0.1) is 24.2 Å². The number of nitriles is 1. The van der Waals surface area contributed by atoms with Gasteiger partial charge >= 0.3 is 0 Å². The third-order valence-corrected chi connectivity index (χ3v) is 6.87. The van der Waals surface area contributed by atoms with Gasteiger partial charge < -0.3 is 14.6 Å². The maximum absolute atomic E-state index is 12.8. The summed E-state index contributed by atoms with van der Waals surface area (Å²) in [5.74, 6) is 0.528. The first kappa shape index (κ1) is 20.8. The molecule has 1 amide bonds. The molecule has 0 unspecified atom stereocenters. The summed E-state index contributed by atoms with van der Waals surface area (Å²) in [6.45, 7) is 2.22. The molecule has 29 heavy (non-hydrogen) atoms. The van der Waals surface area contributed by atoms with E-state index >= 15 is 0 Å². The van der Waals surface area contributed by atoms with E-state index in [4.69, 9.17) is 10.00 Å². The smallest absolute Gasteiger partial charge is 0.262 e. The van der Waals surface area contributed by atoms with Crippen LogP contribution in [0.25, 0.3) is 0 Å². The second-order valence-electron chi connectivity index (χ2n) is 6.93. The molecule has 9 nitrogen and oxygen atoms in total. The van der Waals surface area contributed by atoms with Gasteiger partial charge in [0.15, 0.2) is 5.03 Å². The quantitative estimate of drug-likeness (QED) is 0.790. The number of aryl methyl sites for hydroxylation is 2. The molecule has 154 valence electrons. The van der Waals surface area contributed by atoms with Crippen LogP contribution in [0.4, 0.5) is 5.69 Å². The zero-order valence-corrected chi connectivity index (χ0v) is 17.4. The predicted molar refractivity (Wildman–Crippen MR) is 106 cm³/mol. The number of rotatable bonds is 5. The van der Waals surface area contributed by atoms with Gasteiger partial charge in [0.25, 0.3) is 10.0 Å². The molecular weight excluding hydrogens is 394 g/mol. The number of aromatic nitrogens is 2. The Kier molecular flexibility index (Phi) is 5.91. The van der Waals surface area contributed by atoms with Crippen molar-refractivity contribution in [1.82, 2.24) is 13.9 Å². The van der Waals surface area contributed by atoms with E-state index in [9.17, 15) is 13.2 Å². The number of anilines is 1. The molecule has 3 rings (SSSR count). The highest BCUT2D eigenvalue weighted by atomic mass is 32.2. The lowest BCUT2D eigenvalue weighted by Crippen LogP contribution is -2.41. The van der Waals surface area contributed by atoms with E-state index in [-0.39, 0.29) is 29.9 Å². The Morgan fingerprint density at radius 3 is 2.59 bits per heavy atom. The number of benzene rings is 1. The lowest BCUT2D eigenvalue weighted by atomic mass is 9.97. The molecule has 0 aliphatic carbocycles. The van der Waals surface area contributed by atoms with Gasteiger partial charge in [-0.05, 0) is 38.0 Å². The third kappa shape index (κ3) is 4.26. The maximum atomic E-state index is 12.8. The van der Waals surface area contributed by atoms with E-state index in [0.717, 1.165) is 0 Å². The summed E-state index contributed by atoms with van der Waals surface area (Å²) in [6, 6.07) is 6.81. The predicted octanol–water partition coefficient (Wildman–Crippen LogP) is 1.65. The second-order valence-corrected chi connectivity index (χ2v) is 8.82. The van der Waals surface area contributed by atoms with Crippen molar-refractivity contribution in [3.8, 4) is 11.8 Å². The van der Waals surface area contributed by atoms with Crippen molar-refractivity contribution < 1.29 is 17.9 Å². The van der Waals surface area contributed by atoms with Crippen LogP contribution in [0.2, 0.25) is 0 Å². The van der Waals surface area contributed by atoms with Crippen LogP contribution in [0.15, 0.2) is 29.4 Å². The Morgan fingerprint density at radius 2 is 2.03 bits per heavy atom. The Hall–Kier alpha value is -2.90. The SMILES string of the molecule is COc1ccc(C#N)cc1NC(=O)C1CCN(S(=O)(=O)c2cn(C)c(C)n2)CC1. The van der Waals surface area contributed by atoms with Crippen molar-refractivity contribution in [2.24, 2.45) is 13.0 Å². The molecule has 1 aromatic heterocycles. The van der Waals surface area contributed by atoms with Gasteiger partial charge in [0.05, 0.1) is 24.4 Å². The fourth-order valence-electron chi connectivity index (χ4n) is 3.25. The molecule has 1 fully saturated rings. The number of methoxy groups -OCH3 is 1. The molecule has 0 atom stereocenters. The number of amides is 1. The molecule has 2 heterocycles. The number of carbonyl (C=O) groups is 1. The first-order valence-electron chi connectivity index (χ1n) is 9.15. The number of carbonyl (C=O) groups excluding carboxylic acids is 1. The van der Waals surface area contributed by atoms with Gasteiger partial charge in [0.1, 0.15) is 11.6 Å². The molecule has 1 aliphatic rings. The second kappa shape index (κ2) is 8.23. The average molecular weight is 417 g/mol. The van der Waals surface area contributed by atoms with Gasteiger partial charge in [-0.25, -0.2) is 13.4 Å². The molecule has 1 aliphatic heterocycles. The zero-order valence-electron chi connectivity index (χ0n) is 16.5. The van der Waals surface area contributed by atoms with E-state index in [0.29, 0.717) is 35.7 Å². The monoisotopic (exact) mass is 417 g/mol. The number of ether oxygens (including phenoxy) is 1. The molecule has 1 saturated heterocycles. The fraction of sp³-hybridized carbons (Fsp3) is 0.421. The first-order valence-corrected chi connectivity index (χ1v) is 10.6. The molecule has 0 saturated carbocycles. The lowest BCUT2D eigenvalue weighted by molar-refractivity contribution is -0.120. The minimum Gasteiger partial charge on any atom is -0.495 e. The Bertz CT molecular complexity index is 1040. The van der Waals surface area contributed by atoms with Crippen LogP contribution in [-0.4, -0.2) is 48.4 Å². The van der Waals surface area contributed by atoms with Crippen LogP contribution < -0.4 is 10.1 Å². The minimum absolute atomic E-state index is 0.0263. The Morgan fingerprint density at radius 1 is 1.34 bits per heavy atom. The van der Waals surface area contributed by atoms with Crippen LogP contribution in [0.5, 0.6) is 5.75 Å². The third-order valence-electron chi connectivity index (χ3n) is 5.10. The lowest BCUT2D eigenvalue weighted by Gasteiger charge is -2.30. The van der Waals surface area contributed by atoms with Crippen molar-refractivity contribution in [3.63, 3.8) is 0 Å². The van der Waals surface area contributed by atoms with Crippen molar-refractivity contribution in [1.29, 1.82) is 5.26 Å². The highest BCUT2D eigenvalue weighted by molar-refractivity contribution is 7.89. The first-order chi connectivity index (χ1) is 13.8. The van der Waals surface area contributed by atoms with Gasteiger partial charge in [-0.15, -0.1) is 0 Å². The molecule has 0 bridgehead atoms. The van der Waals surface area contributed by atoms with Crippen molar-refractivity contribution in [2.45, 2.75) is 24.8 Å². The molecule has 2 aromatic rings. The summed E-state index contributed by atoms with van der Waals surface area (Å²) >= 11 is 0. The average Bonchev–Trinajstić information content (AvgIpc) is 3.07. The van der Waals surface area contributed by atoms with E-state index in [1.807, 2.05) is 6.07 Å². The van der Waals surface area contributed by atoms with Gasteiger partial charge in [-0.3, -0.25) is 4.79 Å². The highest BCUT2D eigenvalue weighted by Gasteiger charge is 2.33. The zero-order chi connectivity index (χ0) is 21.2. The number of hydrogen-bond acceptors (Lipinski definition) is 6. The fourth-order valence-corrected chi connectivity index (χ4v) is 4.75. The Balaban J connectivity index is 1.66. The van der Waals surface area contributed by atoms with E-state index < -0.39 is 10.0 Å². The van der Waals surface area contributed by atoms with Gasteiger partial charge in [-0.1, -0.05) is 0 Å². The summed E-state index contributed by atoms with van der Waals surface area (Å²) < 4.78 is 33.8. The van der Waals surface area contributed by atoms with Gasteiger partial charge in [0.2, 0.25) is 5.91 Å². The summed E-state index contributed by atoms with van der Waals surface area (Å²) in [5.41, 5.74) is 0.836. The number of nitrogens with zero attached hydrogens (tertiary/aromatic N) is 4. The summed E-state index contributed by atoms with van der Waals surface area (Å²) in [7, 11) is -0.448. The number of piperidine rings is 1. The van der Waals surface area contributed by atoms with Crippen LogP contribution in [0.1, 0.15) is 24.2 Å². The van der Waals surface area contributed by atoms with Crippen LogP contribution >= 0.6 is 0 Å². The van der Waals surface area contributed by atoms with Gasteiger partial charge in [0, 0.05) is 32.3 Å². The topological polar surface area (TPSA) is 117 Å². The van der Waals surface area contributed by atoms with E-state index in [1.165, 1.54) is 17.6 Å².